The fourth-order valence-corrected chi connectivity index (χ4v) is 3.39. The summed E-state index contributed by atoms with van der Waals surface area (Å²) < 4.78 is 1.34. The van der Waals surface area contributed by atoms with E-state index in [9.17, 15) is 9.90 Å². The van der Waals surface area contributed by atoms with Crippen molar-refractivity contribution >= 4 is 35.0 Å². The number of hydrogen-bond donors (Lipinski definition) is 0. The first kappa shape index (κ1) is 19.7. The summed E-state index contributed by atoms with van der Waals surface area (Å²) in [4.78, 5) is 12.8. The Morgan fingerprint density at radius 2 is 1.60 bits per heavy atom. The molecule has 0 radical (unpaired) electrons. The number of amides is 1. The molecule has 2 heterocycles. The number of benzene rings is 2. The molecule has 0 fully saturated rings. The summed E-state index contributed by atoms with van der Waals surface area (Å²) in [7, 11) is 0. The number of carbonyl (C=O) groups is 1. The lowest BCUT2D eigenvalue weighted by Gasteiger charge is -2.12. The second-order valence-corrected chi connectivity index (χ2v) is 7.21. The van der Waals surface area contributed by atoms with Gasteiger partial charge in [-0.2, -0.15) is 15.2 Å². The number of aromatic nitrogens is 2. The maximum atomic E-state index is 12.8. The lowest BCUT2D eigenvalue weighted by molar-refractivity contribution is -0.278. The minimum Gasteiger partial charge on any atom is -0.858 e. The molecule has 2 aromatic carbocycles. The highest BCUT2D eigenvalue weighted by atomic mass is 35.5. The van der Waals surface area contributed by atoms with Gasteiger partial charge in [-0.05, 0) is 56.1 Å². The molecule has 6 nitrogen and oxygen atoms in total. The normalized spacial score (nSPS) is 15.8. The van der Waals surface area contributed by atoms with E-state index in [-0.39, 0.29) is 16.8 Å². The van der Waals surface area contributed by atoms with Gasteiger partial charge in [0, 0.05) is 10.6 Å². The van der Waals surface area contributed by atoms with Crippen LogP contribution in [0.1, 0.15) is 18.2 Å². The van der Waals surface area contributed by atoms with Crippen LogP contribution < -0.4 is 10.1 Å². The van der Waals surface area contributed by atoms with Gasteiger partial charge in [-0.1, -0.05) is 48.0 Å². The Bertz CT molecular complexity index is 1190. The van der Waals surface area contributed by atoms with E-state index in [2.05, 4.69) is 10.2 Å². The largest absolute Gasteiger partial charge is 0.858 e. The van der Waals surface area contributed by atoms with E-state index in [1.165, 1.54) is 21.8 Å². The van der Waals surface area contributed by atoms with E-state index < -0.39 is 0 Å². The zero-order valence-corrected chi connectivity index (χ0v) is 17.2. The summed E-state index contributed by atoms with van der Waals surface area (Å²) in [5.41, 5.74) is 3.20. The molecular formula is C23H18ClN4O2-. The first-order chi connectivity index (χ1) is 14.5. The predicted molar refractivity (Wildman–Crippen MR) is 117 cm³/mol. The number of anilines is 1. The Kier molecular flexibility index (Phi) is 5.25. The lowest BCUT2D eigenvalue weighted by Crippen LogP contribution is -2.21. The molecule has 1 aliphatic heterocycles. The van der Waals surface area contributed by atoms with Crippen molar-refractivity contribution in [2.75, 3.05) is 5.01 Å². The van der Waals surface area contributed by atoms with Gasteiger partial charge in [0.1, 0.15) is 0 Å². The van der Waals surface area contributed by atoms with Crippen molar-refractivity contribution in [1.82, 2.24) is 9.78 Å². The molecule has 7 heteroatoms. The molecule has 0 N–H and O–H groups in total. The van der Waals surface area contributed by atoms with Crippen molar-refractivity contribution in [3.05, 3.63) is 88.6 Å². The molecule has 0 unspecified atom stereocenters. The molecule has 150 valence electrons. The third kappa shape index (κ3) is 3.65. The average molecular weight is 418 g/mol. The minimum absolute atomic E-state index is 0.246. The minimum atomic E-state index is -0.274. The molecule has 1 aromatic heterocycles. The molecule has 3 aromatic rings. The smallest absolute Gasteiger partial charge is 0.280 e. The van der Waals surface area contributed by atoms with E-state index in [1.54, 1.807) is 38.1 Å². The third-order valence-electron chi connectivity index (χ3n) is 4.69. The molecule has 0 saturated carbocycles. The average Bonchev–Trinajstić information content (AvgIpc) is 3.20. The van der Waals surface area contributed by atoms with Crippen LogP contribution in [0.3, 0.4) is 0 Å². The van der Waals surface area contributed by atoms with Crippen molar-refractivity contribution in [1.29, 1.82) is 0 Å². The number of aryl methyl sites for hydroxylation is 1. The van der Waals surface area contributed by atoms with Gasteiger partial charge in [-0.15, -0.1) is 0 Å². The van der Waals surface area contributed by atoms with Crippen LogP contribution in [-0.2, 0) is 4.79 Å². The monoisotopic (exact) mass is 417 g/mol. The molecule has 0 saturated heterocycles. The number of hydrogen-bond acceptors (Lipinski definition) is 4. The predicted octanol–water partition coefficient (Wildman–Crippen LogP) is 4.18. The molecule has 1 aliphatic rings. The number of rotatable bonds is 4. The maximum absolute atomic E-state index is 12.8. The Morgan fingerprint density at radius 1 is 1.00 bits per heavy atom. The van der Waals surface area contributed by atoms with E-state index in [0.29, 0.717) is 33.9 Å². The second kappa shape index (κ2) is 8.00. The van der Waals surface area contributed by atoms with Gasteiger partial charge in [0.25, 0.3) is 5.91 Å². The molecule has 4 rings (SSSR count). The Hall–Kier alpha value is -3.64. The van der Waals surface area contributed by atoms with Crippen LogP contribution in [0.25, 0.3) is 11.8 Å². The van der Waals surface area contributed by atoms with Crippen molar-refractivity contribution < 1.29 is 9.90 Å². The zero-order valence-electron chi connectivity index (χ0n) is 16.4. The highest BCUT2D eigenvalue weighted by Gasteiger charge is 2.28. The lowest BCUT2D eigenvalue weighted by atomic mass is 10.1. The van der Waals surface area contributed by atoms with Crippen molar-refractivity contribution in [2.45, 2.75) is 13.8 Å². The van der Waals surface area contributed by atoms with Crippen LogP contribution in [0.4, 0.5) is 5.69 Å². The molecule has 0 bridgehead atoms. The summed E-state index contributed by atoms with van der Waals surface area (Å²) in [6.45, 7) is 3.49. The summed E-state index contributed by atoms with van der Waals surface area (Å²) in [6.07, 6.45) is 3.06. The van der Waals surface area contributed by atoms with E-state index in [1.807, 2.05) is 36.4 Å². The fourth-order valence-electron chi connectivity index (χ4n) is 3.17. The quantitative estimate of drug-likeness (QED) is 0.597. The number of allylic oxidation sites excluding steroid dienone is 2. The van der Waals surface area contributed by atoms with Gasteiger partial charge >= 0.3 is 0 Å². The van der Waals surface area contributed by atoms with E-state index in [4.69, 9.17) is 11.6 Å². The Morgan fingerprint density at radius 3 is 2.23 bits per heavy atom. The van der Waals surface area contributed by atoms with Crippen LogP contribution >= 0.6 is 11.6 Å². The Labute approximate surface area is 179 Å². The highest BCUT2D eigenvalue weighted by molar-refractivity contribution is 6.36. The molecular weight excluding hydrogens is 400 g/mol. The summed E-state index contributed by atoms with van der Waals surface area (Å²) in [6, 6.07) is 18.3. The molecule has 0 atom stereocenters. The highest BCUT2D eigenvalue weighted by Crippen LogP contribution is 2.28. The van der Waals surface area contributed by atoms with Gasteiger partial charge in [-0.3, -0.25) is 4.79 Å². The summed E-state index contributed by atoms with van der Waals surface area (Å²) in [5.74, 6) is -0.548. The fraction of sp³-hybridized carbons (Fsp3) is 0.0870. The number of para-hydroxylation sites is 2. The SMILES string of the molecule is CC1=NN(c2ccccc2)C(=O)C1=CC(Cl)=Cc1c(C)nn(-c2ccccc2)c1[O-]. The van der Waals surface area contributed by atoms with Gasteiger partial charge in [0.05, 0.1) is 28.4 Å². The number of hydrazone groups is 1. The van der Waals surface area contributed by atoms with Crippen molar-refractivity contribution in [2.24, 2.45) is 5.10 Å². The first-order valence-electron chi connectivity index (χ1n) is 9.31. The Balaban J connectivity index is 1.65. The van der Waals surface area contributed by atoms with Gasteiger partial charge in [-0.25, -0.2) is 4.68 Å². The van der Waals surface area contributed by atoms with Crippen LogP contribution in [0.2, 0.25) is 0 Å². The maximum Gasteiger partial charge on any atom is 0.280 e. The van der Waals surface area contributed by atoms with E-state index >= 15 is 0 Å². The van der Waals surface area contributed by atoms with Crippen molar-refractivity contribution in [3.63, 3.8) is 0 Å². The topological polar surface area (TPSA) is 73.5 Å². The molecule has 1 amide bonds. The van der Waals surface area contributed by atoms with Gasteiger partial charge in [0.2, 0.25) is 0 Å². The summed E-state index contributed by atoms with van der Waals surface area (Å²) >= 11 is 6.40. The van der Waals surface area contributed by atoms with Crippen LogP contribution in [0, 0.1) is 6.92 Å². The van der Waals surface area contributed by atoms with E-state index in [0.717, 1.165) is 0 Å². The second-order valence-electron chi connectivity index (χ2n) is 6.78. The van der Waals surface area contributed by atoms with Gasteiger partial charge in [0.15, 0.2) is 0 Å². The molecule has 0 aliphatic carbocycles. The number of carbonyl (C=O) groups excluding carboxylic acids is 1. The van der Waals surface area contributed by atoms with Crippen LogP contribution in [-0.4, -0.2) is 21.4 Å². The summed E-state index contributed by atoms with van der Waals surface area (Å²) in [5, 5.41) is 23.0. The van der Waals surface area contributed by atoms with Crippen LogP contribution in [0.15, 0.2) is 82.4 Å². The zero-order chi connectivity index (χ0) is 21.3. The standard InChI is InChI=1S/C23H19ClN4O2/c1-15-20(22(29)27(25-15)18-9-5-3-6-10-18)13-17(24)14-21-16(2)26-28(23(21)30)19-11-7-4-8-12-19/h3-14,29H,1-2H3/p-1. The third-order valence-corrected chi connectivity index (χ3v) is 4.91. The number of halogens is 1. The molecule has 30 heavy (non-hydrogen) atoms. The first-order valence-corrected chi connectivity index (χ1v) is 9.69. The number of nitrogens with zero attached hydrogens (tertiary/aromatic N) is 4. The van der Waals surface area contributed by atoms with Gasteiger partial charge < -0.3 is 5.11 Å². The van der Waals surface area contributed by atoms with Crippen molar-refractivity contribution in [3.8, 4) is 11.6 Å². The molecule has 0 spiro atoms. The van der Waals surface area contributed by atoms with Crippen LogP contribution in [0.5, 0.6) is 5.88 Å².